The summed E-state index contributed by atoms with van der Waals surface area (Å²) in [7, 11) is 0. The Morgan fingerprint density at radius 2 is 2.13 bits per heavy atom. The number of esters is 1. The molecule has 3 aromatic rings. The van der Waals surface area contributed by atoms with Gasteiger partial charge in [0, 0.05) is 29.2 Å². The van der Waals surface area contributed by atoms with Crippen LogP contribution in [0.2, 0.25) is 0 Å². The molecule has 0 fully saturated rings. The topological polar surface area (TPSA) is 129 Å². The van der Waals surface area contributed by atoms with Gasteiger partial charge in [-0.15, -0.1) is 11.3 Å². The number of nitrogens with zero attached hydrogens (tertiary/aromatic N) is 4. The fourth-order valence-electron chi connectivity index (χ4n) is 2.56. The summed E-state index contributed by atoms with van der Waals surface area (Å²) >= 11 is 2.53. The number of hydrogen-bond acceptors (Lipinski definition) is 9. The van der Waals surface area contributed by atoms with Gasteiger partial charge in [0.25, 0.3) is 11.6 Å². The van der Waals surface area contributed by atoms with Crippen LogP contribution in [0.4, 0.5) is 11.5 Å². The van der Waals surface area contributed by atoms with E-state index in [1.165, 1.54) is 23.5 Å². The van der Waals surface area contributed by atoms with Crippen LogP contribution in [0.15, 0.2) is 45.1 Å². The molecule has 2 heterocycles. The molecule has 0 aliphatic rings. The first kappa shape index (κ1) is 22.4. The fourth-order valence-corrected chi connectivity index (χ4v) is 4.44. The number of nitro groups is 1. The van der Waals surface area contributed by atoms with Gasteiger partial charge < -0.3 is 10.1 Å². The molecule has 0 spiro atoms. The number of rotatable bonds is 8. The molecule has 0 unspecified atom stereocenters. The summed E-state index contributed by atoms with van der Waals surface area (Å²) in [5.41, 5.74) is 0.564. The number of hydrogen-bond donors (Lipinski definition) is 1. The molecule has 1 aromatic carbocycles. The van der Waals surface area contributed by atoms with Crippen LogP contribution in [-0.2, 0) is 9.53 Å². The molecule has 162 valence electrons. The quantitative estimate of drug-likeness (QED) is 0.302. The molecule has 0 aliphatic carbocycles. The van der Waals surface area contributed by atoms with E-state index >= 15 is 0 Å². The highest BCUT2D eigenvalue weighted by atomic mass is 32.2. The Labute approximate surface area is 185 Å². The van der Waals surface area contributed by atoms with Gasteiger partial charge in [-0.1, -0.05) is 11.8 Å². The van der Waals surface area contributed by atoms with E-state index < -0.39 is 23.4 Å². The van der Waals surface area contributed by atoms with Crippen molar-refractivity contribution in [2.24, 2.45) is 0 Å². The minimum Gasteiger partial charge on any atom is -0.452 e. The number of carbonyl (C=O) groups excluding carboxylic acids is 2. The molecule has 3 rings (SSSR count). The Bertz CT molecular complexity index is 1120. The number of carbonyl (C=O) groups is 2. The zero-order valence-corrected chi connectivity index (χ0v) is 18.5. The van der Waals surface area contributed by atoms with Crippen molar-refractivity contribution in [3.05, 3.63) is 57.2 Å². The third-order valence-electron chi connectivity index (χ3n) is 3.95. The molecule has 0 radical (unpaired) electrons. The van der Waals surface area contributed by atoms with E-state index in [4.69, 9.17) is 4.74 Å². The average Bonchev–Trinajstić information content (AvgIpc) is 3.35. The van der Waals surface area contributed by atoms with Gasteiger partial charge in [0.1, 0.15) is 5.82 Å². The molecule has 0 atom stereocenters. The van der Waals surface area contributed by atoms with Crippen LogP contribution in [-0.4, -0.2) is 38.2 Å². The van der Waals surface area contributed by atoms with Gasteiger partial charge in [-0.2, -0.15) is 5.10 Å². The number of anilines is 1. The molecule has 1 N–H and O–H groups in total. The molecule has 1 amide bonds. The van der Waals surface area contributed by atoms with Crippen LogP contribution < -0.4 is 5.32 Å². The largest absolute Gasteiger partial charge is 0.452 e. The third-order valence-corrected chi connectivity index (χ3v) is 6.07. The van der Waals surface area contributed by atoms with Crippen LogP contribution in [0, 0.1) is 17.0 Å². The first-order valence-electron chi connectivity index (χ1n) is 9.13. The molecule has 0 aliphatic heterocycles. The second-order valence-electron chi connectivity index (χ2n) is 6.68. The number of ether oxygens (including phenoxy) is 1. The lowest BCUT2D eigenvalue weighted by Crippen LogP contribution is -2.23. The number of amides is 1. The van der Waals surface area contributed by atoms with E-state index in [2.05, 4.69) is 15.4 Å². The standard InChI is InChI=1S/C19H19N5O5S2/c1-11(2)23-16(6-7-20-23)22-17(25)9-29-18(26)13-4-5-15(14(8-13)24(27)28)31-19-21-12(3)10-30-19/h4-8,10-11H,9H2,1-3H3,(H,22,25). The molecular weight excluding hydrogens is 442 g/mol. The molecule has 2 aromatic heterocycles. The summed E-state index contributed by atoms with van der Waals surface area (Å²) in [5.74, 6) is -0.903. The van der Waals surface area contributed by atoms with Gasteiger partial charge in [-0.25, -0.2) is 14.5 Å². The first-order chi connectivity index (χ1) is 14.7. The van der Waals surface area contributed by atoms with Crippen molar-refractivity contribution >= 4 is 46.5 Å². The van der Waals surface area contributed by atoms with Crippen molar-refractivity contribution in [1.82, 2.24) is 14.8 Å². The summed E-state index contributed by atoms with van der Waals surface area (Å²) < 4.78 is 7.29. The zero-order chi connectivity index (χ0) is 22.5. The minimum atomic E-state index is -0.836. The fraction of sp³-hybridized carbons (Fsp3) is 0.263. The zero-order valence-electron chi connectivity index (χ0n) is 16.9. The predicted octanol–water partition coefficient (Wildman–Crippen LogP) is 4.08. The Balaban J connectivity index is 1.65. The average molecular weight is 462 g/mol. The van der Waals surface area contributed by atoms with Gasteiger partial charge in [0.15, 0.2) is 10.9 Å². The lowest BCUT2D eigenvalue weighted by Gasteiger charge is -2.12. The SMILES string of the molecule is Cc1csc(Sc2ccc(C(=O)OCC(=O)Nc3ccnn3C(C)C)cc2[N+](=O)[O-])n1. The van der Waals surface area contributed by atoms with Crippen LogP contribution in [0.1, 0.15) is 35.9 Å². The van der Waals surface area contributed by atoms with E-state index in [-0.39, 0.29) is 17.3 Å². The second-order valence-corrected chi connectivity index (χ2v) is 8.82. The monoisotopic (exact) mass is 461 g/mol. The van der Waals surface area contributed by atoms with Crippen molar-refractivity contribution in [3.8, 4) is 0 Å². The Hall–Kier alpha value is -3.25. The van der Waals surface area contributed by atoms with Gasteiger partial charge in [-0.3, -0.25) is 14.9 Å². The van der Waals surface area contributed by atoms with E-state index in [0.29, 0.717) is 15.1 Å². The Kier molecular flexibility index (Phi) is 7.02. The van der Waals surface area contributed by atoms with Crippen LogP contribution >= 0.6 is 23.1 Å². The number of nitrogens with one attached hydrogen (secondary N) is 1. The van der Waals surface area contributed by atoms with Gasteiger partial charge in [0.05, 0.1) is 21.6 Å². The number of aryl methyl sites for hydroxylation is 1. The van der Waals surface area contributed by atoms with Crippen LogP contribution in [0.25, 0.3) is 0 Å². The van der Waals surface area contributed by atoms with Crippen molar-refractivity contribution in [2.45, 2.75) is 36.0 Å². The van der Waals surface area contributed by atoms with Crippen molar-refractivity contribution in [3.63, 3.8) is 0 Å². The van der Waals surface area contributed by atoms with Crippen LogP contribution in [0.3, 0.4) is 0 Å². The number of aromatic nitrogens is 3. The lowest BCUT2D eigenvalue weighted by molar-refractivity contribution is -0.387. The van der Waals surface area contributed by atoms with Crippen molar-refractivity contribution < 1.29 is 19.2 Å². The van der Waals surface area contributed by atoms with Gasteiger partial charge in [-0.05, 0) is 32.9 Å². The molecule has 12 heteroatoms. The number of benzene rings is 1. The highest BCUT2D eigenvalue weighted by molar-refractivity contribution is 8.01. The Morgan fingerprint density at radius 3 is 2.77 bits per heavy atom. The highest BCUT2D eigenvalue weighted by Crippen LogP contribution is 2.36. The minimum absolute atomic E-state index is 0.0219. The molecule has 0 saturated carbocycles. The summed E-state index contributed by atoms with van der Waals surface area (Å²) in [6.45, 7) is 5.12. The molecule has 0 saturated heterocycles. The van der Waals surface area contributed by atoms with E-state index in [0.717, 1.165) is 23.5 Å². The predicted molar refractivity (Wildman–Crippen MR) is 116 cm³/mol. The van der Waals surface area contributed by atoms with E-state index in [1.54, 1.807) is 16.9 Å². The number of nitro benzene ring substituents is 1. The Morgan fingerprint density at radius 1 is 1.35 bits per heavy atom. The van der Waals surface area contributed by atoms with Gasteiger partial charge in [0.2, 0.25) is 0 Å². The summed E-state index contributed by atoms with van der Waals surface area (Å²) in [6, 6.07) is 5.69. The highest BCUT2D eigenvalue weighted by Gasteiger charge is 2.21. The molecule has 10 nitrogen and oxygen atoms in total. The maximum Gasteiger partial charge on any atom is 0.338 e. The lowest BCUT2D eigenvalue weighted by atomic mass is 10.2. The maximum absolute atomic E-state index is 12.3. The smallest absolute Gasteiger partial charge is 0.338 e. The molecular formula is C19H19N5O5S2. The first-order valence-corrected chi connectivity index (χ1v) is 10.8. The third kappa shape index (κ3) is 5.67. The van der Waals surface area contributed by atoms with Gasteiger partial charge >= 0.3 is 5.97 Å². The van der Waals surface area contributed by atoms with Crippen LogP contribution in [0.5, 0.6) is 0 Å². The normalized spacial score (nSPS) is 10.8. The molecule has 0 bridgehead atoms. The molecule has 31 heavy (non-hydrogen) atoms. The van der Waals surface area contributed by atoms with E-state index in [9.17, 15) is 19.7 Å². The van der Waals surface area contributed by atoms with Crippen molar-refractivity contribution in [2.75, 3.05) is 11.9 Å². The second kappa shape index (κ2) is 9.71. The number of thiazole rings is 1. The maximum atomic E-state index is 12.3. The summed E-state index contributed by atoms with van der Waals surface area (Å²) in [5, 5.41) is 20.0. The van der Waals surface area contributed by atoms with E-state index in [1.807, 2.05) is 26.2 Å². The summed E-state index contributed by atoms with van der Waals surface area (Å²) in [6.07, 6.45) is 1.55. The summed E-state index contributed by atoms with van der Waals surface area (Å²) in [4.78, 5) is 40.0. The van der Waals surface area contributed by atoms with Crippen molar-refractivity contribution in [1.29, 1.82) is 0 Å².